The van der Waals surface area contributed by atoms with Gasteiger partial charge in [-0.3, -0.25) is 0 Å². The average molecular weight is 204 g/mol. The first-order valence-electron chi connectivity index (χ1n) is 5.16. The monoisotopic (exact) mass is 204 g/mol. The molecule has 0 radical (unpaired) electrons. The van der Waals surface area contributed by atoms with Crippen molar-refractivity contribution in [3.63, 3.8) is 0 Å². The molecule has 0 bridgehead atoms. The number of hydrogen-bond donors (Lipinski definition) is 1. The maximum absolute atomic E-state index is 10.6. The minimum atomic E-state index is -0.888. The summed E-state index contributed by atoms with van der Waals surface area (Å²) in [6.45, 7) is 6.13. The highest BCUT2D eigenvalue weighted by molar-refractivity contribution is 5.88. The number of carbonyl (C=O) groups is 1. The molecular formula is C13H16O2. The fourth-order valence-electron chi connectivity index (χ4n) is 1.38. The fourth-order valence-corrected chi connectivity index (χ4v) is 1.38. The molecule has 1 aromatic rings. The van der Waals surface area contributed by atoms with E-state index in [9.17, 15) is 4.79 Å². The molecule has 0 heterocycles. The number of carboxylic acid groups (broad SMARTS) is 1. The maximum atomic E-state index is 10.6. The zero-order valence-electron chi connectivity index (χ0n) is 8.99. The van der Waals surface area contributed by atoms with Gasteiger partial charge >= 0.3 is 5.97 Å². The molecule has 1 aromatic carbocycles. The number of carboxylic acids is 1. The van der Waals surface area contributed by atoms with Gasteiger partial charge in [-0.05, 0) is 36.1 Å². The second kappa shape index (κ2) is 5.35. The molecule has 0 atom stereocenters. The standard InChI is InChI=1S/C13H16O2/c1-3-4-5-10(2)11-6-8-12(9-7-11)13(14)15/h6-9H,2-5H2,1H3,(H,14,15). The van der Waals surface area contributed by atoms with Crippen LogP contribution in [-0.2, 0) is 0 Å². The van der Waals surface area contributed by atoms with Gasteiger partial charge in [-0.25, -0.2) is 4.79 Å². The lowest BCUT2D eigenvalue weighted by atomic mass is 10.0. The van der Waals surface area contributed by atoms with Gasteiger partial charge in [-0.1, -0.05) is 32.1 Å². The van der Waals surface area contributed by atoms with Crippen molar-refractivity contribution in [3.05, 3.63) is 42.0 Å². The average Bonchev–Trinajstić information content (AvgIpc) is 2.26. The van der Waals surface area contributed by atoms with Gasteiger partial charge < -0.3 is 5.11 Å². The summed E-state index contributed by atoms with van der Waals surface area (Å²) in [4.78, 5) is 10.6. The number of unbranched alkanes of at least 4 members (excludes halogenated alkanes) is 1. The van der Waals surface area contributed by atoms with Crippen LogP contribution in [0.1, 0.15) is 42.1 Å². The van der Waals surface area contributed by atoms with Crippen LogP contribution in [0.2, 0.25) is 0 Å². The number of allylic oxidation sites excluding steroid dienone is 1. The van der Waals surface area contributed by atoms with E-state index in [0.717, 1.165) is 30.4 Å². The number of aromatic carboxylic acids is 1. The van der Waals surface area contributed by atoms with Crippen LogP contribution in [0.5, 0.6) is 0 Å². The summed E-state index contributed by atoms with van der Waals surface area (Å²) in [5, 5.41) is 8.73. The summed E-state index contributed by atoms with van der Waals surface area (Å²) in [6.07, 6.45) is 3.24. The van der Waals surface area contributed by atoms with E-state index in [1.165, 1.54) is 0 Å². The molecule has 80 valence electrons. The maximum Gasteiger partial charge on any atom is 0.335 e. The van der Waals surface area contributed by atoms with Crippen molar-refractivity contribution >= 4 is 11.5 Å². The predicted molar refractivity (Wildman–Crippen MR) is 62.0 cm³/mol. The zero-order chi connectivity index (χ0) is 11.3. The van der Waals surface area contributed by atoms with Crippen LogP contribution in [0.15, 0.2) is 30.8 Å². The Bertz CT molecular complexity index is 349. The van der Waals surface area contributed by atoms with Gasteiger partial charge in [0.05, 0.1) is 5.56 Å². The van der Waals surface area contributed by atoms with E-state index in [1.807, 2.05) is 12.1 Å². The highest BCUT2D eigenvalue weighted by Gasteiger charge is 2.03. The Kier molecular flexibility index (Phi) is 4.10. The lowest BCUT2D eigenvalue weighted by molar-refractivity contribution is 0.0697. The van der Waals surface area contributed by atoms with Crippen LogP contribution >= 0.6 is 0 Å². The summed E-state index contributed by atoms with van der Waals surface area (Å²) in [5.74, 6) is -0.888. The third-order valence-corrected chi connectivity index (χ3v) is 2.37. The second-order valence-corrected chi connectivity index (χ2v) is 3.59. The molecule has 1 N–H and O–H groups in total. The Morgan fingerprint density at radius 3 is 2.27 bits per heavy atom. The first kappa shape index (κ1) is 11.5. The van der Waals surface area contributed by atoms with Crippen LogP contribution in [-0.4, -0.2) is 11.1 Å². The smallest absolute Gasteiger partial charge is 0.335 e. The summed E-state index contributed by atoms with van der Waals surface area (Å²) in [6, 6.07) is 6.88. The first-order valence-corrected chi connectivity index (χ1v) is 5.16. The van der Waals surface area contributed by atoms with Crippen LogP contribution in [0, 0.1) is 0 Å². The molecule has 0 fully saturated rings. The molecule has 0 amide bonds. The largest absolute Gasteiger partial charge is 0.478 e. The van der Waals surface area contributed by atoms with Gasteiger partial charge in [0.1, 0.15) is 0 Å². The third-order valence-electron chi connectivity index (χ3n) is 2.37. The molecule has 0 aliphatic heterocycles. The van der Waals surface area contributed by atoms with E-state index in [1.54, 1.807) is 12.1 Å². The Balaban J connectivity index is 2.71. The molecule has 0 unspecified atom stereocenters. The highest BCUT2D eigenvalue weighted by Crippen LogP contribution is 2.19. The normalized spacial score (nSPS) is 9.93. The molecule has 15 heavy (non-hydrogen) atoms. The molecule has 2 nitrogen and oxygen atoms in total. The van der Waals surface area contributed by atoms with Crippen LogP contribution in [0.3, 0.4) is 0 Å². The number of rotatable bonds is 5. The highest BCUT2D eigenvalue weighted by atomic mass is 16.4. The van der Waals surface area contributed by atoms with Gasteiger partial charge in [0.2, 0.25) is 0 Å². The third kappa shape index (κ3) is 3.24. The van der Waals surface area contributed by atoms with Crippen molar-refractivity contribution in [3.8, 4) is 0 Å². The first-order chi connectivity index (χ1) is 7.15. The zero-order valence-corrected chi connectivity index (χ0v) is 8.99. The SMILES string of the molecule is C=C(CCCC)c1ccc(C(=O)O)cc1. The molecule has 0 aliphatic rings. The van der Waals surface area contributed by atoms with Gasteiger partial charge in [-0.15, -0.1) is 0 Å². The number of benzene rings is 1. The van der Waals surface area contributed by atoms with Gasteiger partial charge in [0.15, 0.2) is 0 Å². The van der Waals surface area contributed by atoms with Crippen LogP contribution < -0.4 is 0 Å². The van der Waals surface area contributed by atoms with E-state index < -0.39 is 5.97 Å². The molecule has 0 aromatic heterocycles. The van der Waals surface area contributed by atoms with Crippen LogP contribution in [0.4, 0.5) is 0 Å². The van der Waals surface area contributed by atoms with Crippen LogP contribution in [0.25, 0.3) is 5.57 Å². The Labute approximate surface area is 90.3 Å². The number of hydrogen-bond acceptors (Lipinski definition) is 1. The second-order valence-electron chi connectivity index (χ2n) is 3.59. The van der Waals surface area contributed by atoms with E-state index in [0.29, 0.717) is 5.56 Å². The van der Waals surface area contributed by atoms with E-state index >= 15 is 0 Å². The molecule has 1 rings (SSSR count). The van der Waals surface area contributed by atoms with Crippen molar-refractivity contribution in [2.75, 3.05) is 0 Å². The minimum absolute atomic E-state index is 0.321. The van der Waals surface area contributed by atoms with Gasteiger partial charge in [0.25, 0.3) is 0 Å². The summed E-state index contributed by atoms with van der Waals surface area (Å²) in [7, 11) is 0. The lowest BCUT2D eigenvalue weighted by Crippen LogP contribution is -1.95. The lowest BCUT2D eigenvalue weighted by Gasteiger charge is -2.05. The Morgan fingerprint density at radius 2 is 1.80 bits per heavy atom. The Hall–Kier alpha value is -1.57. The molecule has 0 saturated carbocycles. The molecule has 0 saturated heterocycles. The van der Waals surface area contributed by atoms with Crippen molar-refractivity contribution in [2.24, 2.45) is 0 Å². The molecule has 0 aliphatic carbocycles. The van der Waals surface area contributed by atoms with E-state index in [-0.39, 0.29) is 0 Å². The summed E-state index contributed by atoms with van der Waals surface area (Å²) >= 11 is 0. The predicted octanol–water partition coefficient (Wildman–Crippen LogP) is 3.59. The van der Waals surface area contributed by atoms with Crippen molar-refractivity contribution < 1.29 is 9.90 Å². The summed E-state index contributed by atoms with van der Waals surface area (Å²) < 4.78 is 0. The summed E-state index contributed by atoms with van der Waals surface area (Å²) in [5.41, 5.74) is 2.43. The van der Waals surface area contributed by atoms with Crippen molar-refractivity contribution in [1.29, 1.82) is 0 Å². The topological polar surface area (TPSA) is 37.3 Å². The molecule has 0 spiro atoms. The quantitative estimate of drug-likeness (QED) is 0.795. The van der Waals surface area contributed by atoms with E-state index in [2.05, 4.69) is 13.5 Å². The van der Waals surface area contributed by atoms with E-state index in [4.69, 9.17) is 5.11 Å². The minimum Gasteiger partial charge on any atom is -0.478 e. The molecular weight excluding hydrogens is 188 g/mol. The van der Waals surface area contributed by atoms with Crippen molar-refractivity contribution in [2.45, 2.75) is 26.2 Å². The van der Waals surface area contributed by atoms with Crippen molar-refractivity contribution in [1.82, 2.24) is 0 Å². The van der Waals surface area contributed by atoms with Gasteiger partial charge in [-0.2, -0.15) is 0 Å². The molecule has 2 heteroatoms. The Morgan fingerprint density at radius 1 is 1.27 bits per heavy atom. The van der Waals surface area contributed by atoms with Gasteiger partial charge in [0, 0.05) is 0 Å². The fraction of sp³-hybridized carbons (Fsp3) is 0.308.